The molecular formula is C40H44MgN4O5. The number of aromatic nitrogens is 3. The first-order valence-corrected chi connectivity index (χ1v) is 16.9. The summed E-state index contributed by atoms with van der Waals surface area (Å²) in [6.45, 7) is 18.4. The van der Waals surface area contributed by atoms with Gasteiger partial charge in [0, 0.05) is 45.9 Å². The van der Waals surface area contributed by atoms with Crippen molar-refractivity contribution in [1.82, 2.24) is 20.3 Å². The molecule has 1 saturated heterocycles. The van der Waals surface area contributed by atoms with Gasteiger partial charge in [-0.3, -0.25) is 14.4 Å². The molecule has 0 spiro atoms. The number of methoxy groups -OCH3 is 1. The Bertz CT molecular complexity index is 2130. The number of allylic oxidation sites excluding steroid dienone is 3. The van der Waals surface area contributed by atoms with E-state index in [4.69, 9.17) is 19.4 Å². The fourth-order valence-corrected chi connectivity index (χ4v) is 7.48. The number of nitrogens with one attached hydrogen (secondary N) is 2. The maximum absolute atomic E-state index is 14.2. The van der Waals surface area contributed by atoms with Gasteiger partial charge >= 0.3 is 35.0 Å². The molecule has 3 aliphatic rings. The molecule has 3 atom stereocenters. The molecule has 9 nitrogen and oxygen atoms in total. The molecule has 1 fully saturated rings. The maximum Gasteiger partial charge on any atom is 2.00 e. The minimum atomic E-state index is -1.17. The van der Waals surface area contributed by atoms with Crippen LogP contribution in [0.1, 0.15) is 101 Å². The van der Waals surface area contributed by atoms with E-state index in [9.17, 15) is 14.4 Å². The third-order valence-corrected chi connectivity index (χ3v) is 10.3. The second-order valence-corrected chi connectivity index (χ2v) is 13.4. The largest absolute Gasteiger partial charge is 2.00 e. The number of rotatable bonds is 8. The molecule has 50 heavy (non-hydrogen) atoms. The van der Waals surface area contributed by atoms with Gasteiger partial charge in [-0.2, -0.15) is 0 Å². The van der Waals surface area contributed by atoms with Crippen LogP contribution in [0.25, 0.3) is 29.9 Å². The Morgan fingerprint density at radius 2 is 1.70 bits per heavy atom. The molecule has 10 heteroatoms. The first-order chi connectivity index (χ1) is 23.4. The van der Waals surface area contributed by atoms with Gasteiger partial charge in [0.05, 0.1) is 7.11 Å². The predicted octanol–water partition coefficient (Wildman–Crippen LogP) is 4.53. The van der Waals surface area contributed by atoms with Gasteiger partial charge in [-0.05, 0) is 75.8 Å². The monoisotopic (exact) mass is 684 g/mol. The number of carbonyl (C=O) groups excluding carboxylic acids is 3. The second kappa shape index (κ2) is 14.5. The zero-order valence-corrected chi connectivity index (χ0v) is 31.7. The predicted molar refractivity (Wildman–Crippen MR) is 196 cm³/mol. The molecule has 0 amide bonds. The second-order valence-electron chi connectivity index (χ2n) is 13.4. The molecule has 6 rings (SSSR count). The molecule has 5 heterocycles. The first-order valence-electron chi connectivity index (χ1n) is 16.9. The SMILES string of the molecule is C=Cc1c2[n-]c(c1C)/C=C1\N/C(=C3\c4[n-]c(c(C)c4C(=O)[C@@H]3C(=O)OC)/C=c3\[nH]/c(c(C)c3CC)=C\2)[C@@H](CCC(=O)OCC=C(C)C)[C@@H]1C.[Mg+2]. The zero-order valence-electron chi connectivity index (χ0n) is 30.3. The zero-order chi connectivity index (χ0) is 35.3. The molecule has 1 aliphatic carbocycles. The number of aromatic amines is 1. The molecule has 0 unspecified atom stereocenters. The third kappa shape index (κ3) is 6.28. The van der Waals surface area contributed by atoms with Gasteiger partial charge in [-0.25, -0.2) is 0 Å². The summed E-state index contributed by atoms with van der Waals surface area (Å²) in [5.74, 6) is -2.81. The summed E-state index contributed by atoms with van der Waals surface area (Å²) in [5, 5.41) is 5.47. The summed E-state index contributed by atoms with van der Waals surface area (Å²) >= 11 is 0. The first kappa shape index (κ1) is 37.0. The van der Waals surface area contributed by atoms with Gasteiger partial charge in [-0.15, -0.1) is 22.8 Å². The van der Waals surface area contributed by atoms with E-state index in [0.29, 0.717) is 40.2 Å². The fourth-order valence-electron chi connectivity index (χ4n) is 7.48. The van der Waals surface area contributed by atoms with Crippen molar-refractivity contribution in [1.29, 1.82) is 0 Å². The van der Waals surface area contributed by atoms with E-state index in [1.807, 2.05) is 52.0 Å². The third-order valence-electron chi connectivity index (χ3n) is 10.3. The summed E-state index contributed by atoms with van der Waals surface area (Å²) in [5.41, 5.74) is 11.2. The van der Waals surface area contributed by atoms with Crippen LogP contribution in [0.15, 0.2) is 29.6 Å². The Hall–Kier alpha value is -4.28. The van der Waals surface area contributed by atoms with E-state index in [-0.39, 0.29) is 59.7 Å². The van der Waals surface area contributed by atoms with Crippen LogP contribution in [0, 0.1) is 38.5 Å². The molecule has 8 bridgehead atoms. The molecule has 2 N–H and O–H groups in total. The number of Topliss-reactive ketones (excluding diaryl/α,β-unsaturated/α-hetero) is 1. The van der Waals surface area contributed by atoms with Gasteiger partial charge in [0.1, 0.15) is 12.5 Å². The number of hydrogen-bond donors (Lipinski definition) is 2. The van der Waals surface area contributed by atoms with Crippen molar-refractivity contribution >= 4 is 70.7 Å². The van der Waals surface area contributed by atoms with Crippen molar-refractivity contribution in [3.63, 3.8) is 0 Å². The topological polar surface area (TPSA) is 126 Å². The number of fused-ring (bicyclic) bond motifs is 7. The van der Waals surface area contributed by atoms with E-state index in [0.717, 1.165) is 62.0 Å². The van der Waals surface area contributed by atoms with Gasteiger partial charge in [0.15, 0.2) is 5.78 Å². The Balaban J connectivity index is 0.00000486. The van der Waals surface area contributed by atoms with E-state index >= 15 is 0 Å². The van der Waals surface area contributed by atoms with Gasteiger partial charge < -0.3 is 29.7 Å². The minimum absolute atomic E-state index is 0. The van der Waals surface area contributed by atoms with E-state index in [2.05, 4.69) is 43.7 Å². The summed E-state index contributed by atoms with van der Waals surface area (Å²) in [7, 11) is 1.29. The average molecular weight is 685 g/mol. The normalized spacial score (nSPS) is 22.6. The summed E-state index contributed by atoms with van der Waals surface area (Å²) < 4.78 is 10.7. The van der Waals surface area contributed by atoms with Crippen LogP contribution in [0.4, 0.5) is 0 Å². The van der Waals surface area contributed by atoms with Crippen molar-refractivity contribution in [3.8, 4) is 0 Å². The van der Waals surface area contributed by atoms with Crippen LogP contribution in [-0.4, -0.2) is 59.5 Å². The Morgan fingerprint density at radius 3 is 2.36 bits per heavy atom. The number of carbonyl (C=O) groups is 3. The van der Waals surface area contributed by atoms with Gasteiger partial charge in [0.25, 0.3) is 0 Å². The Labute approximate surface area is 309 Å². The number of ketones is 1. The molecule has 3 aromatic heterocycles. The molecule has 256 valence electrons. The standard InChI is InChI=1S/C40H45N4O5.Mg/c1-10-24-20(5)27-16-29-22(7)26(12-13-33(45)49-15-14-19(3)4)37(43-29)35-36(40(47)48-9)39(46)34-23(8)30(44-38(34)35)18-32-25(11-2)21(6)28(42-32)17-31(24)41-27;/h10,14,16-18,22,26,36,42H,1,11-13,15H2,2-9H3,(H2,43,44,46);/q-1;+2/p-1/b28-17-,29-16-,32-18-;/t22-,26-,36+;/m0./s1. The van der Waals surface area contributed by atoms with Crippen LogP contribution >= 0.6 is 0 Å². The average Bonchev–Trinajstić information content (AvgIpc) is 3.80. The van der Waals surface area contributed by atoms with Crippen LogP contribution in [-0.2, 0) is 25.5 Å². The van der Waals surface area contributed by atoms with Crippen LogP contribution in [0.3, 0.4) is 0 Å². The van der Waals surface area contributed by atoms with Crippen molar-refractivity contribution in [2.24, 2.45) is 17.8 Å². The number of esters is 2. The molecule has 0 aromatic carbocycles. The number of H-pyrrole nitrogens is 1. The van der Waals surface area contributed by atoms with E-state index in [1.54, 1.807) is 0 Å². The number of nitrogens with zero attached hydrogens (tertiary/aromatic N) is 2. The number of hydrogen-bond acceptors (Lipinski definition) is 6. The summed E-state index contributed by atoms with van der Waals surface area (Å²) in [4.78, 5) is 54.2. The maximum atomic E-state index is 14.2. The summed E-state index contributed by atoms with van der Waals surface area (Å²) in [6.07, 6.45) is 11.2. The molecule has 3 aromatic rings. The molecule has 2 aliphatic heterocycles. The molecule has 0 radical (unpaired) electrons. The van der Waals surface area contributed by atoms with Crippen LogP contribution < -0.4 is 26.0 Å². The van der Waals surface area contributed by atoms with Crippen molar-refractivity contribution in [3.05, 3.63) is 96.5 Å². The van der Waals surface area contributed by atoms with Gasteiger partial charge in [0.2, 0.25) is 0 Å². The fraction of sp³-hybridized carbons (Fsp3) is 0.375. The van der Waals surface area contributed by atoms with Gasteiger partial charge in [-0.1, -0.05) is 61.4 Å². The quantitative estimate of drug-likeness (QED) is 0.154. The van der Waals surface area contributed by atoms with Crippen LogP contribution in [0.5, 0.6) is 0 Å². The van der Waals surface area contributed by atoms with E-state index < -0.39 is 11.9 Å². The van der Waals surface area contributed by atoms with Crippen LogP contribution in [0.2, 0.25) is 0 Å². The molecular weight excluding hydrogens is 641 g/mol. The number of ether oxygens (including phenoxy) is 2. The van der Waals surface area contributed by atoms with Crippen molar-refractivity contribution in [2.75, 3.05) is 13.7 Å². The Morgan fingerprint density at radius 1 is 1.00 bits per heavy atom. The summed E-state index contributed by atoms with van der Waals surface area (Å²) in [6, 6.07) is 0. The minimum Gasteiger partial charge on any atom is -0.657 e. The Kier molecular flexibility index (Phi) is 10.7. The van der Waals surface area contributed by atoms with E-state index in [1.165, 1.54) is 7.11 Å². The van der Waals surface area contributed by atoms with Crippen molar-refractivity contribution < 1.29 is 23.9 Å². The smallest absolute Gasteiger partial charge is 0.657 e. The molecule has 0 saturated carbocycles. The van der Waals surface area contributed by atoms with Crippen molar-refractivity contribution in [2.45, 2.75) is 67.7 Å².